The number of rotatable bonds is 5. The molecule has 30 heavy (non-hydrogen) atoms. The van der Waals surface area contributed by atoms with Crippen molar-refractivity contribution in [1.29, 1.82) is 0 Å². The Morgan fingerprint density at radius 1 is 0.933 bits per heavy atom. The second kappa shape index (κ2) is 7.78. The molecule has 4 aromatic rings. The number of fused-ring (bicyclic) bond motifs is 1. The van der Waals surface area contributed by atoms with Gasteiger partial charge in [0.05, 0.1) is 16.1 Å². The number of hydrogen-bond acceptors (Lipinski definition) is 2. The predicted molar refractivity (Wildman–Crippen MR) is 125 cm³/mol. The first-order valence-corrected chi connectivity index (χ1v) is 11.5. The largest absolute Gasteiger partial charge is 0.268 e. The van der Waals surface area contributed by atoms with E-state index in [1.54, 1.807) is 30.3 Å². The molecule has 0 bridgehead atoms. The van der Waals surface area contributed by atoms with E-state index in [2.05, 4.69) is 20.4 Å². The highest BCUT2D eigenvalue weighted by molar-refractivity contribution is 7.90. The molecule has 0 saturated heterocycles. The van der Waals surface area contributed by atoms with Crippen LogP contribution in [0.3, 0.4) is 0 Å². The summed E-state index contributed by atoms with van der Waals surface area (Å²) in [5.41, 5.74) is 3.67. The van der Waals surface area contributed by atoms with Gasteiger partial charge in [-0.3, -0.25) is 0 Å². The maximum Gasteiger partial charge on any atom is 0.268 e. The molecule has 3 nitrogen and oxygen atoms in total. The summed E-state index contributed by atoms with van der Waals surface area (Å²) in [6.45, 7) is 8.36. The molecular weight excluding hydrogens is 414 g/mol. The van der Waals surface area contributed by atoms with E-state index in [0.717, 1.165) is 16.5 Å². The molecule has 5 heteroatoms. The van der Waals surface area contributed by atoms with Gasteiger partial charge < -0.3 is 0 Å². The molecule has 0 aliphatic carbocycles. The van der Waals surface area contributed by atoms with Crippen LogP contribution in [0, 0.1) is 0 Å². The molecule has 0 fully saturated rings. The monoisotopic (exact) mass is 435 g/mol. The molecule has 0 spiro atoms. The summed E-state index contributed by atoms with van der Waals surface area (Å²) in [5, 5.41) is 1.30. The summed E-state index contributed by atoms with van der Waals surface area (Å²) in [6, 6.07) is 23.7. The van der Waals surface area contributed by atoms with E-state index < -0.39 is 10.0 Å². The van der Waals surface area contributed by atoms with Crippen LogP contribution in [0.15, 0.2) is 90.3 Å². The first kappa shape index (κ1) is 20.5. The van der Waals surface area contributed by atoms with Gasteiger partial charge in [-0.2, -0.15) is 0 Å². The van der Waals surface area contributed by atoms with Crippen molar-refractivity contribution >= 4 is 38.1 Å². The average molecular weight is 436 g/mol. The lowest BCUT2D eigenvalue weighted by molar-refractivity contribution is 0.588. The van der Waals surface area contributed by atoms with Crippen LogP contribution in [0.4, 0.5) is 0 Å². The highest BCUT2D eigenvalue weighted by Crippen LogP contribution is 2.33. The Morgan fingerprint density at radius 3 is 2.23 bits per heavy atom. The number of halogens is 1. The minimum absolute atomic E-state index is 0.237. The number of benzene rings is 3. The second-order valence-corrected chi connectivity index (χ2v) is 9.79. The van der Waals surface area contributed by atoms with Gasteiger partial charge in [0.1, 0.15) is 0 Å². The van der Waals surface area contributed by atoms with Crippen molar-refractivity contribution in [1.82, 2.24) is 3.97 Å². The van der Waals surface area contributed by atoms with Crippen molar-refractivity contribution in [3.63, 3.8) is 0 Å². The number of hydrogen-bond donors (Lipinski definition) is 0. The van der Waals surface area contributed by atoms with Crippen LogP contribution in [0.5, 0.6) is 0 Å². The van der Waals surface area contributed by atoms with Gasteiger partial charge in [0.15, 0.2) is 0 Å². The first-order chi connectivity index (χ1) is 14.3. The minimum Gasteiger partial charge on any atom is -0.233 e. The van der Waals surface area contributed by atoms with Crippen LogP contribution >= 0.6 is 11.6 Å². The SMILES string of the molecule is C=C(c1ccccc1)c1cc2cc(Cl)ccc2n1S(=O)(=O)c1ccc(C(C)C)cc1. The molecule has 152 valence electrons. The molecular formula is C25H22ClNO2S. The van der Waals surface area contributed by atoms with Gasteiger partial charge in [-0.25, -0.2) is 12.4 Å². The predicted octanol–water partition coefficient (Wildman–Crippen LogP) is 6.72. The molecule has 0 radical (unpaired) electrons. The van der Waals surface area contributed by atoms with Crippen molar-refractivity contribution in [2.75, 3.05) is 0 Å². The van der Waals surface area contributed by atoms with E-state index in [-0.39, 0.29) is 4.90 Å². The lowest BCUT2D eigenvalue weighted by Crippen LogP contribution is -2.15. The number of aromatic nitrogens is 1. The van der Waals surface area contributed by atoms with Crippen molar-refractivity contribution in [2.45, 2.75) is 24.7 Å². The molecule has 0 unspecified atom stereocenters. The average Bonchev–Trinajstić information content (AvgIpc) is 3.13. The zero-order chi connectivity index (χ0) is 21.5. The minimum atomic E-state index is -3.85. The Hall–Kier alpha value is -2.82. The molecule has 1 heterocycles. The maximum atomic E-state index is 13.7. The van der Waals surface area contributed by atoms with Crippen LogP contribution in [-0.4, -0.2) is 12.4 Å². The Balaban J connectivity index is 1.95. The van der Waals surface area contributed by atoms with Gasteiger partial charge in [-0.1, -0.05) is 74.5 Å². The van der Waals surface area contributed by atoms with Crippen molar-refractivity contribution < 1.29 is 8.42 Å². The maximum absolute atomic E-state index is 13.7. The molecule has 4 rings (SSSR count). The highest BCUT2D eigenvalue weighted by atomic mass is 35.5. The third kappa shape index (κ3) is 3.57. The highest BCUT2D eigenvalue weighted by Gasteiger charge is 2.25. The van der Waals surface area contributed by atoms with Gasteiger partial charge in [0.25, 0.3) is 10.0 Å². The van der Waals surface area contributed by atoms with E-state index in [4.69, 9.17) is 11.6 Å². The lowest BCUT2D eigenvalue weighted by Gasteiger charge is -2.15. The molecule has 0 saturated carbocycles. The van der Waals surface area contributed by atoms with E-state index in [1.165, 1.54) is 3.97 Å². The smallest absolute Gasteiger partial charge is 0.233 e. The molecule has 0 atom stereocenters. The van der Waals surface area contributed by atoms with Gasteiger partial charge in [-0.05, 0) is 59.0 Å². The molecule has 0 amide bonds. The quantitative estimate of drug-likeness (QED) is 0.349. The van der Waals surface area contributed by atoms with Crippen LogP contribution in [0.1, 0.15) is 36.6 Å². The Bertz CT molecular complexity index is 1340. The van der Waals surface area contributed by atoms with Gasteiger partial charge in [-0.15, -0.1) is 0 Å². The van der Waals surface area contributed by atoms with E-state index in [0.29, 0.717) is 27.7 Å². The Kier molecular flexibility index (Phi) is 5.31. The Labute approximate surface area is 182 Å². The van der Waals surface area contributed by atoms with Crippen LogP contribution in [0.25, 0.3) is 16.5 Å². The lowest BCUT2D eigenvalue weighted by atomic mass is 10.0. The van der Waals surface area contributed by atoms with E-state index in [9.17, 15) is 8.42 Å². The van der Waals surface area contributed by atoms with E-state index >= 15 is 0 Å². The fourth-order valence-electron chi connectivity index (χ4n) is 3.55. The molecule has 0 aliphatic rings. The van der Waals surface area contributed by atoms with Crippen molar-refractivity contribution in [3.05, 3.63) is 107 Å². The Morgan fingerprint density at radius 2 is 1.60 bits per heavy atom. The van der Waals surface area contributed by atoms with Crippen LogP contribution < -0.4 is 0 Å². The summed E-state index contributed by atoms with van der Waals surface area (Å²) >= 11 is 6.17. The van der Waals surface area contributed by atoms with Gasteiger partial charge in [0.2, 0.25) is 0 Å². The van der Waals surface area contributed by atoms with Gasteiger partial charge >= 0.3 is 0 Å². The fraction of sp³-hybridized carbons (Fsp3) is 0.120. The number of nitrogens with zero attached hydrogens (tertiary/aromatic N) is 1. The summed E-state index contributed by atoms with van der Waals surface area (Å²) in [7, 11) is -3.85. The third-order valence-electron chi connectivity index (χ3n) is 5.24. The molecule has 0 aliphatic heterocycles. The first-order valence-electron chi connectivity index (χ1n) is 9.70. The zero-order valence-electron chi connectivity index (χ0n) is 16.8. The summed E-state index contributed by atoms with van der Waals surface area (Å²) < 4.78 is 28.8. The second-order valence-electron chi connectivity index (χ2n) is 7.57. The zero-order valence-corrected chi connectivity index (χ0v) is 18.4. The van der Waals surface area contributed by atoms with Crippen molar-refractivity contribution in [3.8, 4) is 0 Å². The molecule has 1 aromatic heterocycles. The van der Waals surface area contributed by atoms with Gasteiger partial charge in [0, 0.05) is 10.4 Å². The fourth-order valence-corrected chi connectivity index (χ4v) is 5.27. The van der Waals surface area contributed by atoms with Crippen molar-refractivity contribution in [2.24, 2.45) is 0 Å². The summed E-state index contributed by atoms with van der Waals surface area (Å²) in [5.74, 6) is 0.324. The molecule has 3 aromatic carbocycles. The summed E-state index contributed by atoms with van der Waals surface area (Å²) in [6.07, 6.45) is 0. The van der Waals surface area contributed by atoms with E-state index in [1.807, 2.05) is 48.5 Å². The van der Waals surface area contributed by atoms with Crippen LogP contribution in [0.2, 0.25) is 5.02 Å². The summed E-state index contributed by atoms with van der Waals surface area (Å²) in [4.78, 5) is 0.237. The standard InChI is InChI=1S/C25H22ClNO2S/c1-17(2)19-9-12-23(13-10-19)30(28,29)27-24-14-11-22(26)15-21(24)16-25(27)18(3)20-7-5-4-6-8-20/h4-17H,3H2,1-2H3. The topological polar surface area (TPSA) is 39.1 Å². The molecule has 0 N–H and O–H groups in total. The van der Waals surface area contributed by atoms with Crippen LogP contribution in [-0.2, 0) is 10.0 Å². The third-order valence-corrected chi connectivity index (χ3v) is 7.21. The normalized spacial score (nSPS) is 11.9.